The van der Waals surface area contributed by atoms with E-state index < -0.39 is 16.0 Å². The fraction of sp³-hybridized carbons (Fsp3) is 0.462. The molecule has 1 aromatic carbocycles. The average Bonchev–Trinajstić information content (AvgIpc) is 2.33. The SMILES string of the molecule is COC1CC(NS(=O)(=O)Cc2ccc(C(=O)O)cc2)C1. The van der Waals surface area contributed by atoms with Crippen LogP contribution in [-0.4, -0.2) is 38.7 Å². The summed E-state index contributed by atoms with van der Waals surface area (Å²) in [5.41, 5.74) is 0.700. The lowest BCUT2D eigenvalue weighted by atomic mass is 9.90. The Kier molecular flexibility index (Phi) is 4.42. The van der Waals surface area contributed by atoms with Crippen molar-refractivity contribution in [2.45, 2.75) is 30.7 Å². The fourth-order valence-corrected chi connectivity index (χ4v) is 3.53. The summed E-state index contributed by atoms with van der Waals surface area (Å²) in [5, 5.41) is 8.77. The van der Waals surface area contributed by atoms with Crippen LogP contribution in [0.3, 0.4) is 0 Å². The topological polar surface area (TPSA) is 92.7 Å². The Balaban J connectivity index is 1.93. The van der Waals surface area contributed by atoms with E-state index in [2.05, 4.69) is 4.72 Å². The number of hydrogen-bond donors (Lipinski definition) is 2. The summed E-state index contributed by atoms with van der Waals surface area (Å²) in [4.78, 5) is 10.7. The van der Waals surface area contributed by atoms with Gasteiger partial charge in [-0.1, -0.05) is 12.1 Å². The third-order valence-electron chi connectivity index (χ3n) is 3.33. The Hall–Kier alpha value is -1.44. The molecule has 7 heteroatoms. The number of carboxylic acids is 1. The summed E-state index contributed by atoms with van der Waals surface area (Å²) < 4.78 is 31.6. The summed E-state index contributed by atoms with van der Waals surface area (Å²) in [6, 6.07) is 5.76. The first-order valence-corrected chi connectivity index (χ1v) is 7.90. The van der Waals surface area contributed by atoms with Gasteiger partial charge >= 0.3 is 5.97 Å². The van der Waals surface area contributed by atoms with Gasteiger partial charge in [-0.3, -0.25) is 0 Å². The van der Waals surface area contributed by atoms with E-state index in [-0.39, 0.29) is 23.5 Å². The van der Waals surface area contributed by atoms with E-state index in [0.29, 0.717) is 18.4 Å². The molecule has 110 valence electrons. The molecule has 0 aliphatic heterocycles. The van der Waals surface area contributed by atoms with Gasteiger partial charge in [0.25, 0.3) is 0 Å². The van der Waals surface area contributed by atoms with Crippen molar-refractivity contribution in [3.05, 3.63) is 35.4 Å². The molecule has 0 atom stereocenters. The highest BCUT2D eigenvalue weighted by Gasteiger charge is 2.32. The van der Waals surface area contributed by atoms with Gasteiger partial charge in [-0.05, 0) is 30.5 Å². The molecular weight excluding hydrogens is 282 g/mol. The van der Waals surface area contributed by atoms with Crippen molar-refractivity contribution < 1.29 is 23.1 Å². The number of rotatable bonds is 6. The van der Waals surface area contributed by atoms with Crippen LogP contribution < -0.4 is 4.72 Å². The molecule has 1 aliphatic carbocycles. The smallest absolute Gasteiger partial charge is 0.335 e. The number of benzene rings is 1. The molecule has 0 amide bonds. The highest BCUT2D eigenvalue weighted by atomic mass is 32.2. The number of methoxy groups -OCH3 is 1. The summed E-state index contributed by atoms with van der Waals surface area (Å²) in [5.74, 6) is -1.18. The van der Waals surface area contributed by atoms with Gasteiger partial charge in [-0.2, -0.15) is 0 Å². The van der Waals surface area contributed by atoms with E-state index in [4.69, 9.17) is 9.84 Å². The minimum atomic E-state index is -3.41. The Morgan fingerprint density at radius 1 is 1.35 bits per heavy atom. The van der Waals surface area contributed by atoms with E-state index in [1.807, 2.05) is 0 Å². The monoisotopic (exact) mass is 299 g/mol. The van der Waals surface area contributed by atoms with Crippen LogP contribution in [0.25, 0.3) is 0 Å². The molecule has 0 heterocycles. The Morgan fingerprint density at radius 3 is 2.45 bits per heavy atom. The molecule has 2 N–H and O–H groups in total. The van der Waals surface area contributed by atoms with Crippen LogP contribution in [0.5, 0.6) is 0 Å². The first kappa shape index (κ1) is 15.0. The van der Waals surface area contributed by atoms with Gasteiger partial charge in [0.15, 0.2) is 0 Å². The molecule has 6 nitrogen and oxygen atoms in total. The van der Waals surface area contributed by atoms with Crippen LogP contribution in [0.1, 0.15) is 28.8 Å². The van der Waals surface area contributed by atoms with Crippen molar-refractivity contribution >= 4 is 16.0 Å². The van der Waals surface area contributed by atoms with E-state index in [1.165, 1.54) is 24.3 Å². The lowest BCUT2D eigenvalue weighted by molar-refractivity contribution is 0.0236. The van der Waals surface area contributed by atoms with Gasteiger partial charge in [0, 0.05) is 13.2 Å². The molecule has 0 unspecified atom stereocenters. The van der Waals surface area contributed by atoms with Gasteiger partial charge in [0.2, 0.25) is 10.0 Å². The van der Waals surface area contributed by atoms with Crippen LogP contribution in [0.4, 0.5) is 0 Å². The third-order valence-corrected chi connectivity index (χ3v) is 4.74. The zero-order chi connectivity index (χ0) is 14.8. The normalized spacial score (nSPS) is 22.2. The van der Waals surface area contributed by atoms with Crippen molar-refractivity contribution in [3.63, 3.8) is 0 Å². The van der Waals surface area contributed by atoms with Crippen molar-refractivity contribution in [1.29, 1.82) is 0 Å². The zero-order valence-corrected chi connectivity index (χ0v) is 11.9. The molecule has 0 spiro atoms. The van der Waals surface area contributed by atoms with E-state index >= 15 is 0 Å². The summed E-state index contributed by atoms with van der Waals surface area (Å²) in [6.07, 6.45) is 1.51. The van der Waals surface area contributed by atoms with Gasteiger partial charge in [-0.15, -0.1) is 0 Å². The van der Waals surface area contributed by atoms with Gasteiger partial charge in [0.05, 0.1) is 17.4 Å². The molecule has 20 heavy (non-hydrogen) atoms. The first-order valence-electron chi connectivity index (χ1n) is 6.24. The molecule has 1 fully saturated rings. The molecule has 1 aromatic rings. The Bertz CT molecular complexity index is 575. The highest BCUT2D eigenvalue weighted by Crippen LogP contribution is 2.23. The quantitative estimate of drug-likeness (QED) is 0.817. The number of hydrogen-bond acceptors (Lipinski definition) is 4. The van der Waals surface area contributed by atoms with Crippen LogP contribution in [0, 0.1) is 0 Å². The molecule has 0 bridgehead atoms. The summed E-state index contributed by atoms with van der Waals surface area (Å²) in [6.45, 7) is 0. The summed E-state index contributed by atoms with van der Waals surface area (Å²) in [7, 11) is -1.80. The van der Waals surface area contributed by atoms with E-state index in [0.717, 1.165) is 0 Å². The second-order valence-corrected chi connectivity index (χ2v) is 6.66. The molecule has 0 radical (unpaired) electrons. The van der Waals surface area contributed by atoms with Crippen LogP contribution in [-0.2, 0) is 20.5 Å². The molecule has 1 aliphatic rings. The number of carbonyl (C=O) groups is 1. The summed E-state index contributed by atoms with van der Waals surface area (Å²) >= 11 is 0. The fourth-order valence-electron chi connectivity index (χ4n) is 2.11. The maximum absolute atomic E-state index is 11.9. The third kappa shape index (κ3) is 3.78. The number of sulfonamides is 1. The van der Waals surface area contributed by atoms with E-state index in [9.17, 15) is 13.2 Å². The van der Waals surface area contributed by atoms with Gasteiger partial charge in [-0.25, -0.2) is 17.9 Å². The zero-order valence-electron chi connectivity index (χ0n) is 11.1. The minimum absolute atomic E-state index is 0.0664. The standard InChI is InChI=1S/C13H17NO5S/c1-19-12-6-11(7-12)14-20(17,18)8-9-2-4-10(5-3-9)13(15)16/h2-5,11-12,14H,6-8H2,1H3,(H,15,16). The first-order chi connectivity index (χ1) is 9.39. The molecule has 0 aromatic heterocycles. The lowest BCUT2D eigenvalue weighted by Crippen LogP contribution is -2.47. The van der Waals surface area contributed by atoms with Crippen LogP contribution in [0.2, 0.25) is 0 Å². The predicted molar refractivity (Wildman–Crippen MR) is 73.0 cm³/mol. The molecular formula is C13H17NO5S. The number of aromatic carboxylic acids is 1. The van der Waals surface area contributed by atoms with Crippen molar-refractivity contribution in [2.75, 3.05) is 7.11 Å². The molecule has 1 saturated carbocycles. The van der Waals surface area contributed by atoms with E-state index in [1.54, 1.807) is 7.11 Å². The van der Waals surface area contributed by atoms with Crippen molar-refractivity contribution in [3.8, 4) is 0 Å². The van der Waals surface area contributed by atoms with Gasteiger partial charge < -0.3 is 9.84 Å². The Morgan fingerprint density at radius 2 is 1.95 bits per heavy atom. The van der Waals surface area contributed by atoms with Crippen molar-refractivity contribution in [2.24, 2.45) is 0 Å². The maximum atomic E-state index is 11.9. The van der Waals surface area contributed by atoms with Crippen LogP contribution >= 0.6 is 0 Å². The number of ether oxygens (including phenoxy) is 1. The predicted octanol–water partition coefficient (Wildman–Crippen LogP) is 0.982. The second-order valence-electron chi connectivity index (χ2n) is 4.91. The van der Waals surface area contributed by atoms with Crippen LogP contribution in [0.15, 0.2) is 24.3 Å². The maximum Gasteiger partial charge on any atom is 0.335 e. The lowest BCUT2D eigenvalue weighted by Gasteiger charge is -2.34. The number of nitrogens with one attached hydrogen (secondary N) is 1. The minimum Gasteiger partial charge on any atom is -0.478 e. The largest absolute Gasteiger partial charge is 0.478 e. The molecule has 0 saturated heterocycles. The average molecular weight is 299 g/mol. The van der Waals surface area contributed by atoms with Gasteiger partial charge in [0.1, 0.15) is 0 Å². The highest BCUT2D eigenvalue weighted by molar-refractivity contribution is 7.88. The Labute approximate surface area is 117 Å². The van der Waals surface area contributed by atoms with Crippen molar-refractivity contribution in [1.82, 2.24) is 4.72 Å². The number of carboxylic acid groups (broad SMARTS) is 1. The molecule has 2 rings (SSSR count). The second kappa shape index (κ2) is 5.90.